The predicted octanol–water partition coefficient (Wildman–Crippen LogP) is 0.603. The maximum Gasteiger partial charge on any atom is 0.325 e. The summed E-state index contributed by atoms with van der Waals surface area (Å²) >= 11 is 0. The normalized spacial score (nSPS) is 11.8. The van der Waals surface area contributed by atoms with Gasteiger partial charge in [-0.05, 0) is 25.0 Å². The van der Waals surface area contributed by atoms with E-state index in [1.54, 1.807) is 18.5 Å². The quantitative estimate of drug-likeness (QED) is 0.764. The molecule has 1 amide bonds. The Kier molecular flexibility index (Phi) is 4.44. The van der Waals surface area contributed by atoms with Gasteiger partial charge in [0.1, 0.15) is 6.04 Å². The highest BCUT2D eigenvalue weighted by Crippen LogP contribution is 2.00. The predicted molar refractivity (Wildman–Crippen MR) is 57.8 cm³/mol. The zero-order chi connectivity index (χ0) is 12.0. The van der Waals surface area contributed by atoms with Crippen LogP contribution in [0.15, 0.2) is 24.5 Å². The van der Waals surface area contributed by atoms with Gasteiger partial charge < -0.3 is 10.4 Å². The molecule has 0 saturated heterocycles. The second-order valence-electron chi connectivity index (χ2n) is 3.49. The summed E-state index contributed by atoms with van der Waals surface area (Å²) < 4.78 is 0. The molecular formula is C11H14N2O3. The third-order valence-electron chi connectivity index (χ3n) is 2.11. The van der Waals surface area contributed by atoms with Crippen LogP contribution in [0.5, 0.6) is 0 Å². The maximum absolute atomic E-state index is 11.3. The van der Waals surface area contributed by atoms with E-state index in [0.717, 1.165) is 5.56 Å². The van der Waals surface area contributed by atoms with E-state index in [1.165, 1.54) is 6.92 Å². The van der Waals surface area contributed by atoms with Crippen LogP contribution >= 0.6 is 0 Å². The van der Waals surface area contributed by atoms with Crippen LogP contribution in [0.3, 0.4) is 0 Å². The molecule has 1 atom stereocenters. The van der Waals surface area contributed by atoms with Crippen molar-refractivity contribution >= 4 is 11.9 Å². The van der Waals surface area contributed by atoms with E-state index in [0.29, 0.717) is 6.42 Å². The van der Waals surface area contributed by atoms with Gasteiger partial charge >= 0.3 is 5.97 Å². The highest BCUT2D eigenvalue weighted by Gasteiger charge is 2.13. The number of carboxylic acids is 1. The molecule has 1 aromatic rings. The van der Waals surface area contributed by atoms with Gasteiger partial charge in [0.2, 0.25) is 5.91 Å². The van der Waals surface area contributed by atoms with Gasteiger partial charge in [0.15, 0.2) is 0 Å². The van der Waals surface area contributed by atoms with Gasteiger partial charge in [0, 0.05) is 18.8 Å². The lowest BCUT2D eigenvalue weighted by Crippen LogP contribution is -2.38. The van der Waals surface area contributed by atoms with Gasteiger partial charge in [0.25, 0.3) is 0 Å². The number of amides is 1. The summed E-state index contributed by atoms with van der Waals surface area (Å²) in [5, 5.41) is 11.0. The molecule has 0 saturated carbocycles. The van der Waals surface area contributed by atoms with E-state index < -0.39 is 12.0 Å². The molecule has 2 N–H and O–H groups in total. The maximum atomic E-state index is 11.3. The molecule has 0 bridgehead atoms. The van der Waals surface area contributed by atoms with Gasteiger partial charge in [-0.3, -0.25) is 14.6 Å². The highest BCUT2D eigenvalue weighted by molar-refractivity contribution is 5.83. The van der Waals surface area contributed by atoms with Gasteiger partial charge in [-0.25, -0.2) is 0 Å². The number of hydrogen-bond acceptors (Lipinski definition) is 3. The van der Waals surface area contributed by atoms with Crippen molar-refractivity contribution in [1.29, 1.82) is 0 Å². The van der Waals surface area contributed by atoms with Crippen LogP contribution in [-0.2, 0) is 16.0 Å². The van der Waals surface area contributed by atoms with Crippen molar-refractivity contribution in [3.8, 4) is 0 Å². The zero-order valence-corrected chi connectivity index (χ0v) is 9.01. The molecule has 0 aliphatic carbocycles. The number of pyridine rings is 1. The summed E-state index contributed by atoms with van der Waals surface area (Å²) in [4.78, 5) is 25.7. The minimum atomic E-state index is -1.03. The SMILES string of the molecule is CC(NC(=O)CCc1cccnc1)C(=O)O. The lowest BCUT2D eigenvalue weighted by molar-refractivity contribution is -0.141. The van der Waals surface area contributed by atoms with Crippen LogP contribution < -0.4 is 5.32 Å². The fraction of sp³-hybridized carbons (Fsp3) is 0.364. The number of carbonyl (C=O) groups excluding carboxylic acids is 1. The van der Waals surface area contributed by atoms with Crippen LogP contribution in [0, 0.1) is 0 Å². The first-order valence-corrected chi connectivity index (χ1v) is 5.00. The average molecular weight is 222 g/mol. The molecular weight excluding hydrogens is 208 g/mol. The molecule has 1 aromatic heterocycles. The topological polar surface area (TPSA) is 79.3 Å². The number of nitrogens with zero attached hydrogens (tertiary/aromatic N) is 1. The van der Waals surface area contributed by atoms with Crippen LogP contribution in [-0.4, -0.2) is 28.0 Å². The fourth-order valence-corrected chi connectivity index (χ4v) is 1.18. The molecule has 16 heavy (non-hydrogen) atoms. The summed E-state index contributed by atoms with van der Waals surface area (Å²) in [6, 6.07) is 2.83. The van der Waals surface area contributed by atoms with Crippen molar-refractivity contribution in [1.82, 2.24) is 10.3 Å². The third-order valence-corrected chi connectivity index (χ3v) is 2.11. The lowest BCUT2D eigenvalue weighted by atomic mass is 10.1. The number of rotatable bonds is 5. The standard InChI is InChI=1S/C11H14N2O3/c1-8(11(15)16)13-10(14)5-4-9-3-2-6-12-7-9/h2-3,6-8H,4-5H2,1H3,(H,13,14)(H,15,16). The fourth-order valence-electron chi connectivity index (χ4n) is 1.18. The van der Waals surface area contributed by atoms with E-state index in [4.69, 9.17) is 5.11 Å². The highest BCUT2D eigenvalue weighted by atomic mass is 16.4. The van der Waals surface area contributed by atoms with Gasteiger partial charge in [0.05, 0.1) is 0 Å². The Labute approximate surface area is 93.5 Å². The van der Waals surface area contributed by atoms with Crippen molar-refractivity contribution in [3.05, 3.63) is 30.1 Å². The Balaban J connectivity index is 2.33. The molecule has 0 spiro atoms. The van der Waals surface area contributed by atoms with Crippen molar-refractivity contribution in [3.63, 3.8) is 0 Å². The second-order valence-corrected chi connectivity index (χ2v) is 3.49. The Hall–Kier alpha value is -1.91. The first-order valence-electron chi connectivity index (χ1n) is 5.00. The van der Waals surface area contributed by atoms with Crippen LogP contribution in [0.25, 0.3) is 0 Å². The van der Waals surface area contributed by atoms with E-state index in [9.17, 15) is 9.59 Å². The van der Waals surface area contributed by atoms with Gasteiger partial charge in [-0.2, -0.15) is 0 Å². The first kappa shape index (κ1) is 12.2. The van der Waals surface area contributed by atoms with Crippen LogP contribution in [0.4, 0.5) is 0 Å². The summed E-state index contributed by atoms with van der Waals surface area (Å²) in [5.74, 6) is -1.30. The molecule has 0 radical (unpaired) electrons. The van der Waals surface area contributed by atoms with Crippen molar-refractivity contribution in [2.75, 3.05) is 0 Å². The molecule has 0 aromatic carbocycles. The molecule has 1 rings (SSSR count). The number of carboxylic acid groups (broad SMARTS) is 1. The minimum Gasteiger partial charge on any atom is -0.480 e. The Morgan fingerprint density at radius 1 is 1.56 bits per heavy atom. The molecule has 0 aliphatic rings. The summed E-state index contributed by atoms with van der Waals surface area (Å²) in [6.07, 6.45) is 4.18. The second kappa shape index (κ2) is 5.85. The monoisotopic (exact) mass is 222 g/mol. The van der Waals surface area contributed by atoms with Crippen molar-refractivity contribution in [2.45, 2.75) is 25.8 Å². The summed E-state index contributed by atoms with van der Waals surface area (Å²) in [5.41, 5.74) is 0.959. The molecule has 5 heteroatoms. The number of aromatic nitrogens is 1. The number of carbonyl (C=O) groups is 2. The minimum absolute atomic E-state index is 0.265. The third kappa shape index (κ3) is 4.08. The van der Waals surface area contributed by atoms with Crippen LogP contribution in [0.1, 0.15) is 18.9 Å². The lowest BCUT2D eigenvalue weighted by Gasteiger charge is -2.08. The molecule has 86 valence electrons. The van der Waals surface area contributed by atoms with E-state index >= 15 is 0 Å². The zero-order valence-electron chi connectivity index (χ0n) is 9.01. The summed E-state index contributed by atoms with van der Waals surface area (Å²) in [7, 11) is 0. The van der Waals surface area contributed by atoms with Gasteiger partial charge in [-0.1, -0.05) is 6.07 Å². The molecule has 1 unspecified atom stereocenters. The Bertz CT molecular complexity index is 365. The van der Waals surface area contributed by atoms with Crippen molar-refractivity contribution in [2.24, 2.45) is 0 Å². The van der Waals surface area contributed by atoms with E-state index in [2.05, 4.69) is 10.3 Å². The Morgan fingerprint density at radius 3 is 2.88 bits per heavy atom. The van der Waals surface area contributed by atoms with Gasteiger partial charge in [-0.15, -0.1) is 0 Å². The molecule has 5 nitrogen and oxygen atoms in total. The number of nitrogens with one attached hydrogen (secondary N) is 1. The number of aryl methyl sites for hydroxylation is 1. The first-order chi connectivity index (χ1) is 7.59. The average Bonchev–Trinajstić information content (AvgIpc) is 2.27. The number of aliphatic carboxylic acids is 1. The molecule has 0 fully saturated rings. The van der Waals surface area contributed by atoms with E-state index in [1.807, 2.05) is 6.07 Å². The van der Waals surface area contributed by atoms with Crippen molar-refractivity contribution < 1.29 is 14.7 Å². The summed E-state index contributed by atoms with van der Waals surface area (Å²) in [6.45, 7) is 1.43. The van der Waals surface area contributed by atoms with Crippen LogP contribution in [0.2, 0.25) is 0 Å². The smallest absolute Gasteiger partial charge is 0.325 e. The Morgan fingerprint density at radius 2 is 2.31 bits per heavy atom. The number of hydrogen-bond donors (Lipinski definition) is 2. The van der Waals surface area contributed by atoms with E-state index in [-0.39, 0.29) is 12.3 Å². The largest absolute Gasteiger partial charge is 0.480 e. The molecule has 1 heterocycles. The molecule has 0 aliphatic heterocycles.